The predicted molar refractivity (Wildman–Crippen MR) is 288 cm³/mol. The van der Waals surface area contributed by atoms with E-state index in [9.17, 15) is 9.59 Å². The fourth-order valence-electron chi connectivity index (χ4n) is 7.51. The van der Waals surface area contributed by atoms with Gasteiger partial charge in [0.05, 0.1) is 6.61 Å². The smallest absolute Gasteiger partial charge is 0.306 e. The fraction of sp³-hybridized carbons (Fsp3) is 0.705. The molecule has 5 heteroatoms. The van der Waals surface area contributed by atoms with E-state index >= 15 is 0 Å². The lowest BCUT2D eigenvalue weighted by Crippen LogP contribution is -2.30. The number of rotatable bonds is 50. The molecule has 66 heavy (non-hydrogen) atoms. The van der Waals surface area contributed by atoms with Gasteiger partial charge in [-0.2, -0.15) is 0 Å². The maximum absolute atomic E-state index is 12.8. The molecule has 378 valence electrons. The molecule has 0 heterocycles. The first-order valence-electron chi connectivity index (χ1n) is 27.8. The molecule has 0 aliphatic rings. The quantitative estimate of drug-likeness (QED) is 0.0346. The Bertz CT molecular complexity index is 1270. The van der Waals surface area contributed by atoms with Crippen LogP contribution in [0.1, 0.15) is 252 Å². The lowest BCUT2D eigenvalue weighted by molar-refractivity contribution is -0.163. The van der Waals surface area contributed by atoms with Gasteiger partial charge in [0.1, 0.15) is 6.61 Å². The van der Waals surface area contributed by atoms with Gasteiger partial charge in [0.2, 0.25) is 0 Å². The molecule has 0 saturated carbocycles. The van der Waals surface area contributed by atoms with Gasteiger partial charge in [0, 0.05) is 19.4 Å². The van der Waals surface area contributed by atoms with Crippen LogP contribution in [0.15, 0.2) is 97.2 Å². The van der Waals surface area contributed by atoms with Gasteiger partial charge in [0.25, 0.3) is 0 Å². The van der Waals surface area contributed by atoms with Crippen LogP contribution in [0.2, 0.25) is 0 Å². The van der Waals surface area contributed by atoms with Gasteiger partial charge >= 0.3 is 11.9 Å². The van der Waals surface area contributed by atoms with E-state index in [2.05, 4.69) is 118 Å². The number of allylic oxidation sites excluding steroid dienone is 16. The van der Waals surface area contributed by atoms with Crippen molar-refractivity contribution in [2.75, 3.05) is 19.8 Å². The molecule has 0 aromatic heterocycles. The Hall–Kier alpha value is -3.18. The van der Waals surface area contributed by atoms with Crippen molar-refractivity contribution in [3.8, 4) is 0 Å². The first-order chi connectivity index (χ1) is 32.6. The average molecular weight is 917 g/mol. The molecule has 5 nitrogen and oxygen atoms in total. The van der Waals surface area contributed by atoms with Gasteiger partial charge in [-0.3, -0.25) is 9.59 Å². The van der Waals surface area contributed by atoms with Crippen LogP contribution in [0.25, 0.3) is 0 Å². The molecule has 0 amide bonds. The lowest BCUT2D eigenvalue weighted by atomic mass is 10.1. The monoisotopic (exact) mass is 917 g/mol. The number of hydrogen-bond donors (Lipinski definition) is 0. The summed E-state index contributed by atoms with van der Waals surface area (Å²) in [6.07, 6.45) is 75.6. The van der Waals surface area contributed by atoms with Gasteiger partial charge < -0.3 is 14.2 Å². The number of esters is 2. The summed E-state index contributed by atoms with van der Waals surface area (Å²) < 4.78 is 17.4. The van der Waals surface area contributed by atoms with Crippen molar-refractivity contribution in [2.45, 2.75) is 258 Å². The highest BCUT2D eigenvalue weighted by atomic mass is 16.6. The Labute approximate surface area is 409 Å². The summed E-state index contributed by atoms with van der Waals surface area (Å²) in [5.41, 5.74) is 0. The molecule has 0 aromatic rings. The first-order valence-corrected chi connectivity index (χ1v) is 27.8. The standard InChI is InChI=1S/C61H104O5/c1-4-7-10-13-16-19-22-25-28-31-33-36-39-42-45-48-51-54-60(62)65-58-59(57-64-56-53-50-47-44-41-38-35-30-27-24-21-18-15-12-9-6-3)66-61(63)55-52-49-46-43-40-37-34-32-29-26-23-20-17-14-11-8-5-2/h7-8,10-11,16-21,25-30,59H,4-6,9,12-15,22-24,31-58H2,1-3H3/b10-7-,11-8-,19-16-,20-17-,21-18-,28-25-,29-26-,30-27-. The predicted octanol–water partition coefficient (Wildman–Crippen LogP) is 19.0. The summed E-state index contributed by atoms with van der Waals surface area (Å²) in [5.74, 6) is -0.425. The molecule has 0 radical (unpaired) electrons. The van der Waals surface area contributed by atoms with E-state index < -0.39 is 6.10 Å². The van der Waals surface area contributed by atoms with Crippen molar-refractivity contribution in [3.63, 3.8) is 0 Å². The number of hydrogen-bond acceptors (Lipinski definition) is 5. The Morgan fingerprint density at radius 1 is 0.348 bits per heavy atom. The van der Waals surface area contributed by atoms with Crippen molar-refractivity contribution in [3.05, 3.63) is 97.2 Å². The zero-order chi connectivity index (χ0) is 47.7. The molecular weight excluding hydrogens is 813 g/mol. The summed E-state index contributed by atoms with van der Waals surface area (Å²) >= 11 is 0. The van der Waals surface area contributed by atoms with Crippen LogP contribution < -0.4 is 0 Å². The molecule has 1 unspecified atom stereocenters. The third-order valence-electron chi connectivity index (χ3n) is 11.6. The van der Waals surface area contributed by atoms with Crippen LogP contribution in [0.3, 0.4) is 0 Å². The third kappa shape index (κ3) is 53.4. The van der Waals surface area contributed by atoms with E-state index in [1.165, 1.54) is 109 Å². The summed E-state index contributed by atoms with van der Waals surface area (Å²) in [6, 6.07) is 0. The molecule has 0 aliphatic heterocycles. The minimum atomic E-state index is -0.557. The number of carbonyl (C=O) groups excluding carboxylic acids is 2. The second kappa shape index (κ2) is 56.1. The Morgan fingerprint density at radius 3 is 1.09 bits per heavy atom. The zero-order valence-corrected chi connectivity index (χ0v) is 43.4. The fourth-order valence-corrected chi connectivity index (χ4v) is 7.51. The van der Waals surface area contributed by atoms with Crippen molar-refractivity contribution >= 4 is 11.9 Å². The van der Waals surface area contributed by atoms with Gasteiger partial charge in [-0.05, 0) is 116 Å². The molecule has 1 atom stereocenters. The summed E-state index contributed by atoms with van der Waals surface area (Å²) in [6.45, 7) is 7.55. The summed E-state index contributed by atoms with van der Waals surface area (Å²) in [4.78, 5) is 25.5. The minimum Gasteiger partial charge on any atom is -0.462 e. The summed E-state index contributed by atoms with van der Waals surface area (Å²) in [7, 11) is 0. The highest BCUT2D eigenvalue weighted by Gasteiger charge is 2.17. The summed E-state index contributed by atoms with van der Waals surface area (Å²) in [5, 5.41) is 0. The van der Waals surface area contributed by atoms with Crippen molar-refractivity contribution in [2.24, 2.45) is 0 Å². The number of unbranched alkanes of at least 4 members (excludes halogenated alkanes) is 23. The molecule has 0 aromatic carbocycles. The molecule has 0 aliphatic carbocycles. The molecule has 0 N–H and O–H groups in total. The SMILES string of the molecule is CC/C=C\C/C=C\C/C=C\CCCCCCCCCC(=O)OCC(COCCCCCCCC/C=C\C/C=C\CCCCC)OC(=O)CCCCCCCCC/C=C\C/C=C\C/C=C\CC. The molecule has 0 saturated heterocycles. The van der Waals surface area contributed by atoms with Crippen LogP contribution in [-0.2, 0) is 23.8 Å². The minimum absolute atomic E-state index is 0.0673. The van der Waals surface area contributed by atoms with Crippen LogP contribution in [0.4, 0.5) is 0 Å². The van der Waals surface area contributed by atoms with Crippen LogP contribution in [-0.4, -0.2) is 37.9 Å². The first kappa shape index (κ1) is 62.8. The average Bonchev–Trinajstić information content (AvgIpc) is 3.32. The lowest BCUT2D eigenvalue weighted by Gasteiger charge is -2.18. The third-order valence-corrected chi connectivity index (χ3v) is 11.6. The molecule has 0 fully saturated rings. The molecular formula is C61H104O5. The Morgan fingerprint density at radius 2 is 0.682 bits per heavy atom. The van der Waals surface area contributed by atoms with Crippen LogP contribution >= 0.6 is 0 Å². The van der Waals surface area contributed by atoms with Gasteiger partial charge in [-0.1, -0.05) is 221 Å². The maximum atomic E-state index is 12.8. The second-order valence-electron chi connectivity index (χ2n) is 18.1. The van der Waals surface area contributed by atoms with Gasteiger partial charge in [0.15, 0.2) is 6.10 Å². The second-order valence-corrected chi connectivity index (χ2v) is 18.1. The topological polar surface area (TPSA) is 61.8 Å². The zero-order valence-electron chi connectivity index (χ0n) is 43.4. The van der Waals surface area contributed by atoms with Crippen molar-refractivity contribution in [1.82, 2.24) is 0 Å². The van der Waals surface area contributed by atoms with Crippen LogP contribution in [0, 0.1) is 0 Å². The highest BCUT2D eigenvalue weighted by Crippen LogP contribution is 2.14. The van der Waals surface area contributed by atoms with E-state index in [-0.39, 0.29) is 25.2 Å². The van der Waals surface area contributed by atoms with Crippen LogP contribution in [0.5, 0.6) is 0 Å². The van der Waals surface area contributed by atoms with E-state index in [0.29, 0.717) is 19.4 Å². The number of ether oxygens (including phenoxy) is 3. The Kier molecular flexibility index (Phi) is 53.4. The Balaban J connectivity index is 4.34. The largest absolute Gasteiger partial charge is 0.462 e. The number of carbonyl (C=O) groups is 2. The normalized spacial score (nSPS) is 13.0. The van der Waals surface area contributed by atoms with Crippen molar-refractivity contribution < 1.29 is 23.8 Å². The van der Waals surface area contributed by atoms with E-state index in [4.69, 9.17) is 14.2 Å². The maximum Gasteiger partial charge on any atom is 0.306 e. The van der Waals surface area contributed by atoms with Gasteiger partial charge in [-0.15, -0.1) is 0 Å². The van der Waals surface area contributed by atoms with E-state index in [0.717, 1.165) is 109 Å². The van der Waals surface area contributed by atoms with E-state index in [1.807, 2.05) is 0 Å². The van der Waals surface area contributed by atoms with E-state index in [1.54, 1.807) is 0 Å². The molecule has 0 bridgehead atoms. The molecule has 0 spiro atoms. The van der Waals surface area contributed by atoms with Crippen molar-refractivity contribution in [1.29, 1.82) is 0 Å². The van der Waals surface area contributed by atoms with Gasteiger partial charge in [-0.25, -0.2) is 0 Å². The molecule has 0 rings (SSSR count). The highest BCUT2D eigenvalue weighted by molar-refractivity contribution is 5.70.